The summed E-state index contributed by atoms with van der Waals surface area (Å²) in [7, 11) is 3.36. The van der Waals surface area contributed by atoms with Gasteiger partial charge in [0.05, 0.1) is 14.2 Å². The molecule has 5 heteroatoms. The van der Waals surface area contributed by atoms with Crippen LogP contribution in [-0.4, -0.2) is 37.3 Å². The number of rotatable bonds is 4. The first-order valence-electron chi connectivity index (χ1n) is 6.37. The van der Waals surface area contributed by atoms with E-state index in [1.54, 1.807) is 26.2 Å². The van der Waals surface area contributed by atoms with E-state index in [0.717, 1.165) is 48.2 Å². The number of hydrogen-bond acceptors (Lipinski definition) is 5. The predicted molar refractivity (Wildman–Crippen MR) is 80.1 cm³/mol. The molecule has 1 aromatic rings. The second-order valence-corrected chi connectivity index (χ2v) is 5.27. The quantitative estimate of drug-likeness (QED) is 0.794. The molecule has 0 saturated heterocycles. The highest BCUT2D eigenvalue weighted by Gasteiger charge is 2.14. The highest BCUT2D eigenvalue weighted by molar-refractivity contribution is 7.98. The second-order valence-electron chi connectivity index (χ2n) is 4.42. The van der Waals surface area contributed by atoms with Gasteiger partial charge in [-0.25, -0.2) is 4.40 Å². The van der Waals surface area contributed by atoms with Crippen molar-refractivity contribution < 1.29 is 9.47 Å². The van der Waals surface area contributed by atoms with Gasteiger partial charge in [0, 0.05) is 30.5 Å². The van der Waals surface area contributed by atoms with Crippen molar-refractivity contribution in [3.05, 3.63) is 23.8 Å². The van der Waals surface area contributed by atoms with Crippen LogP contribution in [0.3, 0.4) is 0 Å². The molecule has 0 aliphatic carbocycles. The standard InChI is InChI=1S/C14H20N2O2S/c1-11-15-19-8-4-7-16(11)10-12-5-6-13(17-2)9-14(12)18-3/h5-6,9H,4,7-8,10H2,1-3H3. The molecule has 0 amide bonds. The van der Waals surface area contributed by atoms with Crippen molar-refractivity contribution in [1.82, 2.24) is 4.90 Å². The first-order chi connectivity index (χ1) is 9.24. The normalized spacial score (nSPS) is 15.7. The van der Waals surface area contributed by atoms with Gasteiger partial charge in [-0.05, 0) is 37.4 Å². The number of hydrogen-bond donors (Lipinski definition) is 0. The van der Waals surface area contributed by atoms with Crippen LogP contribution < -0.4 is 9.47 Å². The highest BCUT2D eigenvalue weighted by atomic mass is 32.2. The summed E-state index contributed by atoms with van der Waals surface area (Å²) in [6.07, 6.45) is 1.16. The van der Waals surface area contributed by atoms with Gasteiger partial charge in [0.25, 0.3) is 0 Å². The zero-order chi connectivity index (χ0) is 13.7. The van der Waals surface area contributed by atoms with Crippen LogP contribution in [0.5, 0.6) is 11.5 Å². The van der Waals surface area contributed by atoms with Gasteiger partial charge in [-0.15, -0.1) is 0 Å². The van der Waals surface area contributed by atoms with E-state index < -0.39 is 0 Å². The Balaban J connectivity index is 2.17. The molecule has 0 spiro atoms. The third-order valence-corrected chi connectivity index (χ3v) is 4.04. The van der Waals surface area contributed by atoms with E-state index in [2.05, 4.69) is 22.3 Å². The molecule has 4 nitrogen and oxygen atoms in total. The number of benzene rings is 1. The summed E-state index contributed by atoms with van der Waals surface area (Å²) in [4.78, 5) is 2.30. The van der Waals surface area contributed by atoms with Crippen LogP contribution >= 0.6 is 11.9 Å². The molecule has 1 aliphatic rings. The summed E-state index contributed by atoms with van der Waals surface area (Å²) < 4.78 is 15.2. The van der Waals surface area contributed by atoms with Gasteiger partial charge >= 0.3 is 0 Å². The van der Waals surface area contributed by atoms with Crippen LogP contribution in [0.15, 0.2) is 22.6 Å². The van der Waals surface area contributed by atoms with Crippen molar-refractivity contribution in [1.29, 1.82) is 0 Å². The van der Waals surface area contributed by atoms with Gasteiger partial charge in [-0.3, -0.25) is 0 Å². The molecule has 0 aromatic heterocycles. The molecule has 1 aliphatic heterocycles. The lowest BCUT2D eigenvalue weighted by molar-refractivity contribution is 0.371. The Kier molecular flexibility index (Phi) is 4.96. The summed E-state index contributed by atoms with van der Waals surface area (Å²) in [5, 5.41) is 0. The lowest BCUT2D eigenvalue weighted by Gasteiger charge is -2.23. The Morgan fingerprint density at radius 3 is 2.89 bits per heavy atom. The van der Waals surface area contributed by atoms with E-state index in [-0.39, 0.29) is 0 Å². The molecule has 19 heavy (non-hydrogen) atoms. The zero-order valence-electron chi connectivity index (χ0n) is 11.7. The largest absolute Gasteiger partial charge is 0.497 e. The Morgan fingerprint density at radius 1 is 1.32 bits per heavy atom. The van der Waals surface area contributed by atoms with E-state index in [1.165, 1.54) is 0 Å². The lowest BCUT2D eigenvalue weighted by Crippen LogP contribution is -2.28. The fraction of sp³-hybridized carbons (Fsp3) is 0.500. The zero-order valence-corrected chi connectivity index (χ0v) is 12.5. The van der Waals surface area contributed by atoms with Crippen molar-refractivity contribution in [2.75, 3.05) is 26.5 Å². The maximum atomic E-state index is 5.44. The molecule has 2 rings (SSSR count). The van der Waals surface area contributed by atoms with E-state index in [4.69, 9.17) is 9.47 Å². The highest BCUT2D eigenvalue weighted by Crippen LogP contribution is 2.26. The molecule has 0 saturated carbocycles. The Morgan fingerprint density at radius 2 is 2.16 bits per heavy atom. The maximum absolute atomic E-state index is 5.44. The molecule has 0 radical (unpaired) electrons. The second kappa shape index (κ2) is 6.70. The molecule has 1 aromatic carbocycles. The molecule has 0 unspecified atom stereocenters. The third-order valence-electron chi connectivity index (χ3n) is 3.17. The minimum Gasteiger partial charge on any atom is -0.497 e. The summed E-state index contributed by atoms with van der Waals surface area (Å²) >= 11 is 1.65. The average Bonchev–Trinajstić information content (AvgIpc) is 2.64. The van der Waals surface area contributed by atoms with Crippen molar-refractivity contribution >= 4 is 17.8 Å². The smallest absolute Gasteiger partial charge is 0.127 e. The Bertz CT molecular complexity index is 463. The summed E-state index contributed by atoms with van der Waals surface area (Å²) in [5.41, 5.74) is 1.16. The van der Waals surface area contributed by atoms with E-state index in [1.807, 2.05) is 12.1 Å². The van der Waals surface area contributed by atoms with Crippen LogP contribution in [0.2, 0.25) is 0 Å². The van der Waals surface area contributed by atoms with Crippen LogP contribution in [0.4, 0.5) is 0 Å². The summed E-state index contributed by atoms with van der Waals surface area (Å²) in [5.74, 6) is 3.86. The van der Waals surface area contributed by atoms with Crippen molar-refractivity contribution in [3.8, 4) is 11.5 Å². The summed E-state index contributed by atoms with van der Waals surface area (Å²) in [6.45, 7) is 3.93. The van der Waals surface area contributed by atoms with Gasteiger partial charge in [-0.2, -0.15) is 0 Å². The lowest BCUT2D eigenvalue weighted by atomic mass is 10.1. The predicted octanol–water partition coefficient (Wildman–Crippen LogP) is 2.98. The third kappa shape index (κ3) is 3.56. The molecule has 0 N–H and O–H groups in total. The van der Waals surface area contributed by atoms with Gasteiger partial charge in [0.1, 0.15) is 17.3 Å². The minimum absolute atomic E-state index is 0.817. The fourth-order valence-electron chi connectivity index (χ4n) is 2.06. The molecule has 1 heterocycles. The number of nitrogens with zero attached hydrogens (tertiary/aromatic N) is 2. The molecular weight excluding hydrogens is 260 g/mol. The molecule has 0 atom stereocenters. The molecule has 0 bridgehead atoms. The topological polar surface area (TPSA) is 34.1 Å². The first kappa shape index (κ1) is 14.1. The van der Waals surface area contributed by atoms with Crippen molar-refractivity contribution in [3.63, 3.8) is 0 Å². The molecular formula is C14H20N2O2S. The molecule has 0 fully saturated rings. The van der Waals surface area contributed by atoms with Gasteiger partial charge in [-0.1, -0.05) is 0 Å². The van der Waals surface area contributed by atoms with Crippen molar-refractivity contribution in [2.45, 2.75) is 19.9 Å². The van der Waals surface area contributed by atoms with Gasteiger partial charge < -0.3 is 14.4 Å². The number of amidine groups is 1. The van der Waals surface area contributed by atoms with Crippen LogP contribution in [-0.2, 0) is 6.54 Å². The SMILES string of the molecule is COc1ccc(CN2CCCSN=C2C)c(OC)c1. The number of methoxy groups -OCH3 is 2. The van der Waals surface area contributed by atoms with E-state index in [0.29, 0.717) is 0 Å². The average molecular weight is 280 g/mol. The van der Waals surface area contributed by atoms with E-state index >= 15 is 0 Å². The van der Waals surface area contributed by atoms with E-state index in [9.17, 15) is 0 Å². The van der Waals surface area contributed by atoms with Gasteiger partial charge in [0.15, 0.2) is 0 Å². The van der Waals surface area contributed by atoms with Crippen LogP contribution in [0.25, 0.3) is 0 Å². The first-order valence-corrected chi connectivity index (χ1v) is 7.31. The summed E-state index contributed by atoms with van der Waals surface area (Å²) in [6, 6.07) is 5.95. The minimum atomic E-state index is 0.817. The molecule has 104 valence electrons. The Labute approximate surface area is 118 Å². The maximum Gasteiger partial charge on any atom is 0.127 e. The Hall–Kier alpha value is -1.36. The number of ether oxygens (including phenoxy) is 2. The fourth-order valence-corrected chi connectivity index (χ4v) is 2.71. The van der Waals surface area contributed by atoms with Crippen molar-refractivity contribution in [2.24, 2.45) is 4.40 Å². The monoisotopic (exact) mass is 280 g/mol. The van der Waals surface area contributed by atoms with Gasteiger partial charge in [0.2, 0.25) is 0 Å². The van der Waals surface area contributed by atoms with Crippen LogP contribution in [0, 0.1) is 0 Å². The van der Waals surface area contributed by atoms with Crippen LogP contribution in [0.1, 0.15) is 18.9 Å².